The largest absolute Gasteiger partial charge is 0.394 e. The Labute approximate surface area is 92.7 Å². The zero-order valence-electron chi connectivity index (χ0n) is 9.02. The van der Waals surface area contributed by atoms with E-state index >= 15 is 0 Å². The Balaban J connectivity index is 2.67. The number of carbonyl (C=O) groups is 1. The van der Waals surface area contributed by atoms with Crippen LogP contribution in [0, 0.1) is 12.8 Å². The number of nitrogens with one attached hydrogen (secondary N) is 1. The molecule has 2 N–H and O–H groups in total. The maximum atomic E-state index is 11.7. The highest BCUT2D eigenvalue weighted by atomic mass is 32.1. The molecule has 0 bridgehead atoms. The molecule has 1 atom stereocenters. The fourth-order valence-corrected chi connectivity index (χ4v) is 1.66. The standard InChI is InChI=1S/C9H15N3O2S/c1-5(2)7(4-13)10-9(14)8-6(3)11-12-15-8/h5,7,13H,4H2,1-3H3,(H,10,14)/t7-/m1/s1. The molecule has 0 saturated heterocycles. The first-order valence-corrected chi connectivity index (χ1v) is 5.54. The van der Waals surface area contributed by atoms with Crippen molar-refractivity contribution in [3.63, 3.8) is 0 Å². The van der Waals surface area contributed by atoms with Crippen LogP contribution in [-0.4, -0.2) is 33.2 Å². The summed E-state index contributed by atoms with van der Waals surface area (Å²) in [5.74, 6) is -0.0182. The first-order valence-electron chi connectivity index (χ1n) is 4.77. The molecule has 1 aromatic rings. The summed E-state index contributed by atoms with van der Waals surface area (Å²) in [5, 5.41) is 15.6. The molecule has 0 fully saturated rings. The molecule has 1 rings (SSSR count). The summed E-state index contributed by atoms with van der Waals surface area (Å²) in [6.45, 7) is 5.56. The number of amides is 1. The van der Waals surface area contributed by atoms with E-state index in [1.165, 1.54) is 0 Å². The number of aryl methyl sites for hydroxylation is 1. The van der Waals surface area contributed by atoms with Gasteiger partial charge in [-0.25, -0.2) is 0 Å². The number of hydrogen-bond acceptors (Lipinski definition) is 5. The Bertz CT molecular complexity index is 338. The molecular formula is C9H15N3O2S. The van der Waals surface area contributed by atoms with E-state index in [0.717, 1.165) is 11.5 Å². The predicted octanol–water partition coefficient (Wildman–Crippen LogP) is 0.593. The van der Waals surface area contributed by atoms with Crippen LogP contribution in [0.15, 0.2) is 0 Å². The van der Waals surface area contributed by atoms with Crippen LogP contribution >= 0.6 is 11.5 Å². The lowest BCUT2D eigenvalue weighted by atomic mass is 10.1. The molecule has 0 saturated carbocycles. The van der Waals surface area contributed by atoms with Crippen molar-refractivity contribution in [2.75, 3.05) is 6.61 Å². The smallest absolute Gasteiger partial charge is 0.265 e. The number of aliphatic hydroxyl groups excluding tert-OH is 1. The fourth-order valence-electron chi connectivity index (χ4n) is 1.10. The molecule has 0 unspecified atom stereocenters. The second-order valence-electron chi connectivity index (χ2n) is 3.69. The van der Waals surface area contributed by atoms with E-state index < -0.39 is 0 Å². The fraction of sp³-hybridized carbons (Fsp3) is 0.667. The Hall–Kier alpha value is -1.01. The number of carbonyl (C=O) groups excluding carboxylic acids is 1. The molecule has 15 heavy (non-hydrogen) atoms. The Morgan fingerprint density at radius 2 is 2.27 bits per heavy atom. The Morgan fingerprint density at radius 1 is 1.60 bits per heavy atom. The van der Waals surface area contributed by atoms with E-state index in [1.807, 2.05) is 13.8 Å². The van der Waals surface area contributed by atoms with Crippen LogP contribution in [0.4, 0.5) is 0 Å². The van der Waals surface area contributed by atoms with E-state index in [9.17, 15) is 4.79 Å². The number of nitrogens with zero attached hydrogens (tertiary/aromatic N) is 2. The van der Waals surface area contributed by atoms with E-state index in [1.54, 1.807) is 6.92 Å². The minimum atomic E-state index is -0.223. The highest BCUT2D eigenvalue weighted by Crippen LogP contribution is 2.10. The maximum Gasteiger partial charge on any atom is 0.265 e. The molecule has 0 spiro atoms. The summed E-state index contributed by atoms with van der Waals surface area (Å²) in [4.78, 5) is 12.2. The maximum absolute atomic E-state index is 11.7. The summed E-state index contributed by atoms with van der Waals surface area (Å²) < 4.78 is 3.69. The van der Waals surface area contributed by atoms with Crippen LogP contribution in [0.25, 0.3) is 0 Å². The van der Waals surface area contributed by atoms with Crippen LogP contribution in [0.5, 0.6) is 0 Å². The highest BCUT2D eigenvalue weighted by molar-refractivity contribution is 7.07. The van der Waals surface area contributed by atoms with Crippen LogP contribution in [0.2, 0.25) is 0 Å². The minimum absolute atomic E-state index is 0.0608. The summed E-state index contributed by atoms with van der Waals surface area (Å²) in [7, 11) is 0. The van der Waals surface area contributed by atoms with Gasteiger partial charge in [-0.15, -0.1) is 5.10 Å². The van der Waals surface area contributed by atoms with Gasteiger partial charge in [0.05, 0.1) is 18.3 Å². The number of hydrogen-bond donors (Lipinski definition) is 2. The number of aromatic nitrogens is 2. The second-order valence-corrected chi connectivity index (χ2v) is 4.45. The lowest BCUT2D eigenvalue weighted by Gasteiger charge is -2.19. The van der Waals surface area contributed by atoms with Gasteiger partial charge in [-0.2, -0.15) is 0 Å². The van der Waals surface area contributed by atoms with E-state index in [-0.39, 0.29) is 24.5 Å². The van der Waals surface area contributed by atoms with Gasteiger partial charge >= 0.3 is 0 Å². The van der Waals surface area contributed by atoms with Gasteiger partial charge in [0.2, 0.25) is 0 Å². The molecule has 0 aliphatic heterocycles. The van der Waals surface area contributed by atoms with Gasteiger partial charge in [0.15, 0.2) is 0 Å². The van der Waals surface area contributed by atoms with Gasteiger partial charge in [0.1, 0.15) is 4.88 Å². The van der Waals surface area contributed by atoms with E-state index in [4.69, 9.17) is 5.11 Å². The van der Waals surface area contributed by atoms with Crippen molar-refractivity contribution in [3.8, 4) is 0 Å². The van der Waals surface area contributed by atoms with Crippen molar-refractivity contribution in [2.45, 2.75) is 26.8 Å². The molecule has 6 heteroatoms. The normalized spacial score (nSPS) is 12.9. The van der Waals surface area contributed by atoms with Gasteiger partial charge in [-0.05, 0) is 24.4 Å². The average Bonchev–Trinajstić information content (AvgIpc) is 2.60. The summed E-state index contributed by atoms with van der Waals surface area (Å²) in [5.41, 5.74) is 0.623. The molecule has 0 aromatic carbocycles. The van der Waals surface area contributed by atoms with Crippen molar-refractivity contribution in [3.05, 3.63) is 10.6 Å². The molecule has 1 aromatic heterocycles. The average molecular weight is 229 g/mol. The Morgan fingerprint density at radius 3 is 2.67 bits per heavy atom. The van der Waals surface area contributed by atoms with Crippen LogP contribution in [-0.2, 0) is 0 Å². The molecule has 1 heterocycles. The van der Waals surface area contributed by atoms with Crippen molar-refractivity contribution < 1.29 is 9.90 Å². The lowest BCUT2D eigenvalue weighted by molar-refractivity contribution is 0.0900. The summed E-state index contributed by atoms with van der Waals surface area (Å²) in [6.07, 6.45) is 0. The summed E-state index contributed by atoms with van der Waals surface area (Å²) in [6, 6.07) is -0.223. The predicted molar refractivity (Wildman–Crippen MR) is 57.8 cm³/mol. The third-order valence-corrected chi connectivity index (χ3v) is 3.00. The zero-order chi connectivity index (χ0) is 11.4. The molecule has 0 radical (unpaired) electrons. The van der Waals surface area contributed by atoms with Gasteiger partial charge in [0, 0.05) is 0 Å². The topological polar surface area (TPSA) is 75.1 Å². The van der Waals surface area contributed by atoms with E-state index in [0.29, 0.717) is 10.6 Å². The van der Waals surface area contributed by atoms with Gasteiger partial charge in [-0.3, -0.25) is 4.79 Å². The van der Waals surface area contributed by atoms with Crippen molar-refractivity contribution in [2.24, 2.45) is 5.92 Å². The van der Waals surface area contributed by atoms with Crippen molar-refractivity contribution >= 4 is 17.4 Å². The molecule has 84 valence electrons. The second kappa shape index (κ2) is 5.18. The summed E-state index contributed by atoms with van der Waals surface area (Å²) >= 11 is 1.07. The molecule has 5 nitrogen and oxygen atoms in total. The molecular weight excluding hydrogens is 214 g/mol. The zero-order valence-corrected chi connectivity index (χ0v) is 9.84. The van der Waals surface area contributed by atoms with Crippen molar-refractivity contribution in [1.82, 2.24) is 14.9 Å². The third kappa shape index (κ3) is 2.97. The van der Waals surface area contributed by atoms with Crippen LogP contribution in [0.3, 0.4) is 0 Å². The lowest BCUT2D eigenvalue weighted by Crippen LogP contribution is -2.41. The quantitative estimate of drug-likeness (QED) is 0.792. The first kappa shape index (κ1) is 12.1. The minimum Gasteiger partial charge on any atom is -0.394 e. The third-order valence-electron chi connectivity index (χ3n) is 2.18. The highest BCUT2D eigenvalue weighted by Gasteiger charge is 2.19. The van der Waals surface area contributed by atoms with Gasteiger partial charge < -0.3 is 10.4 Å². The Kier molecular flexibility index (Phi) is 4.16. The van der Waals surface area contributed by atoms with Crippen LogP contribution in [0.1, 0.15) is 29.2 Å². The number of rotatable bonds is 4. The number of aliphatic hydroxyl groups is 1. The van der Waals surface area contributed by atoms with E-state index in [2.05, 4.69) is 14.9 Å². The molecule has 1 amide bonds. The SMILES string of the molecule is Cc1nnsc1C(=O)N[C@H](CO)C(C)C. The monoisotopic (exact) mass is 229 g/mol. The van der Waals surface area contributed by atoms with Gasteiger partial charge in [-0.1, -0.05) is 18.3 Å². The van der Waals surface area contributed by atoms with Crippen molar-refractivity contribution in [1.29, 1.82) is 0 Å². The first-order chi connectivity index (χ1) is 7.06. The molecule has 0 aliphatic rings. The van der Waals surface area contributed by atoms with Gasteiger partial charge in [0.25, 0.3) is 5.91 Å². The molecule has 0 aliphatic carbocycles. The van der Waals surface area contributed by atoms with Crippen LogP contribution < -0.4 is 5.32 Å².